The summed E-state index contributed by atoms with van der Waals surface area (Å²) in [7, 11) is 0. The molecule has 2 rings (SSSR count). The normalized spacial score (nSPS) is 20.2. The number of ether oxygens (including phenoxy) is 2. The molecule has 0 spiro atoms. The van der Waals surface area contributed by atoms with Crippen LogP contribution < -0.4 is 10.1 Å². The van der Waals surface area contributed by atoms with Crippen LogP contribution in [0.5, 0.6) is 5.75 Å². The molecule has 2 heterocycles. The van der Waals surface area contributed by atoms with Gasteiger partial charge in [0, 0.05) is 18.8 Å². The Kier molecular flexibility index (Phi) is 6.96. The summed E-state index contributed by atoms with van der Waals surface area (Å²) in [6.45, 7) is 6.69. The molecule has 0 radical (unpaired) electrons. The lowest BCUT2D eigenvalue weighted by atomic mass is 9.98. The monoisotopic (exact) mass is 292 g/mol. The summed E-state index contributed by atoms with van der Waals surface area (Å²) in [6.07, 6.45) is 10.1. The van der Waals surface area contributed by atoms with Crippen molar-refractivity contribution < 1.29 is 9.47 Å². The number of rotatable bonds is 8. The van der Waals surface area contributed by atoms with Crippen molar-refractivity contribution in [3.63, 3.8) is 0 Å². The Balaban J connectivity index is 1.94. The predicted molar refractivity (Wildman–Crippen MR) is 84.6 cm³/mol. The van der Waals surface area contributed by atoms with E-state index in [4.69, 9.17) is 9.47 Å². The maximum absolute atomic E-state index is 5.84. The van der Waals surface area contributed by atoms with Crippen LogP contribution in [0.2, 0.25) is 0 Å². The molecule has 0 aromatic carbocycles. The third kappa shape index (κ3) is 5.29. The van der Waals surface area contributed by atoms with Crippen LogP contribution >= 0.6 is 0 Å². The van der Waals surface area contributed by atoms with E-state index in [2.05, 4.69) is 23.3 Å². The molecule has 2 unspecified atom stereocenters. The quantitative estimate of drug-likeness (QED) is 0.796. The van der Waals surface area contributed by atoms with Gasteiger partial charge in [0.1, 0.15) is 5.75 Å². The van der Waals surface area contributed by atoms with Crippen molar-refractivity contribution >= 4 is 0 Å². The molecule has 0 amide bonds. The number of pyridine rings is 1. The van der Waals surface area contributed by atoms with Gasteiger partial charge in [0.2, 0.25) is 0 Å². The van der Waals surface area contributed by atoms with E-state index in [9.17, 15) is 0 Å². The standard InChI is InChI=1S/C17H28N2O2/c1-3-19-17(9-8-15-7-5-6-10-21-15)14-11-16(20-4-2)13-18-12-14/h11-13,15,17,19H,3-10H2,1-2H3. The van der Waals surface area contributed by atoms with Crippen LogP contribution in [-0.2, 0) is 4.74 Å². The number of nitrogens with one attached hydrogen (secondary N) is 1. The number of hydrogen-bond donors (Lipinski definition) is 1. The first-order valence-electron chi connectivity index (χ1n) is 8.26. The molecule has 0 aliphatic carbocycles. The molecule has 0 saturated carbocycles. The second-order valence-electron chi connectivity index (χ2n) is 5.56. The minimum Gasteiger partial charge on any atom is -0.492 e. The maximum Gasteiger partial charge on any atom is 0.137 e. The molecular weight excluding hydrogens is 264 g/mol. The van der Waals surface area contributed by atoms with Crippen LogP contribution in [0.3, 0.4) is 0 Å². The second-order valence-corrected chi connectivity index (χ2v) is 5.56. The fraction of sp³-hybridized carbons (Fsp3) is 0.706. The SMILES string of the molecule is CCNC(CCC1CCCCO1)c1cncc(OCC)c1. The zero-order chi connectivity index (χ0) is 14.9. The van der Waals surface area contributed by atoms with E-state index in [1.807, 2.05) is 13.1 Å². The van der Waals surface area contributed by atoms with Gasteiger partial charge in [-0.3, -0.25) is 4.98 Å². The highest BCUT2D eigenvalue weighted by Gasteiger charge is 2.18. The Hall–Kier alpha value is -1.13. The molecule has 0 bridgehead atoms. The van der Waals surface area contributed by atoms with Gasteiger partial charge in [0.05, 0.1) is 18.9 Å². The molecule has 118 valence electrons. The average Bonchev–Trinajstić information content (AvgIpc) is 2.53. The topological polar surface area (TPSA) is 43.4 Å². The lowest BCUT2D eigenvalue weighted by molar-refractivity contribution is 0.00856. The van der Waals surface area contributed by atoms with Crippen molar-refractivity contribution in [2.24, 2.45) is 0 Å². The summed E-state index contributed by atoms with van der Waals surface area (Å²) in [5.74, 6) is 0.854. The van der Waals surface area contributed by atoms with E-state index in [1.165, 1.54) is 24.8 Å². The van der Waals surface area contributed by atoms with E-state index in [0.717, 1.165) is 31.7 Å². The molecule has 1 saturated heterocycles. The summed E-state index contributed by atoms with van der Waals surface area (Å²) >= 11 is 0. The molecule has 1 fully saturated rings. The predicted octanol–water partition coefficient (Wildman–Crippen LogP) is 3.48. The Labute approximate surface area is 128 Å². The first-order chi connectivity index (χ1) is 10.3. The summed E-state index contributed by atoms with van der Waals surface area (Å²) in [4.78, 5) is 4.30. The molecule has 1 aliphatic rings. The van der Waals surface area contributed by atoms with Crippen LogP contribution in [0, 0.1) is 0 Å². The van der Waals surface area contributed by atoms with Gasteiger partial charge in [0.15, 0.2) is 0 Å². The van der Waals surface area contributed by atoms with Gasteiger partial charge < -0.3 is 14.8 Å². The number of hydrogen-bond acceptors (Lipinski definition) is 4. The van der Waals surface area contributed by atoms with E-state index in [-0.39, 0.29) is 0 Å². The molecule has 1 aromatic rings. The minimum absolute atomic E-state index is 0.327. The lowest BCUT2D eigenvalue weighted by Gasteiger charge is -2.25. The van der Waals surface area contributed by atoms with Gasteiger partial charge >= 0.3 is 0 Å². The van der Waals surface area contributed by atoms with Gasteiger partial charge in [-0.2, -0.15) is 0 Å². The van der Waals surface area contributed by atoms with Crippen molar-refractivity contribution in [1.29, 1.82) is 0 Å². The Morgan fingerprint density at radius 2 is 2.29 bits per heavy atom. The van der Waals surface area contributed by atoms with Crippen molar-refractivity contribution in [3.8, 4) is 5.75 Å². The molecular formula is C17H28N2O2. The van der Waals surface area contributed by atoms with Crippen LogP contribution in [0.4, 0.5) is 0 Å². The third-order valence-electron chi connectivity index (χ3n) is 3.95. The fourth-order valence-electron chi connectivity index (χ4n) is 2.89. The van der Waals surface area contributed by atoms with Crippen molar-refractivity contribution in [2.75, 3.05) is 19.8 Å². The van der Waals surface area contributed by atoms with E-state index in [1.54, 1.807) is 6.20 Å². The highest BCUT2D eigenvalue weighted by Crippen LogP contribution is 2.25. The zero-order valence-electron chi connectivity index (χ0n) is 13.3. The highest BCUT2D eigenvalue weighted by atomic mass is 16.5. The van der Waals surface area contributed by atoms with Gasteiger partial charge in [-0.05, 0) is 57.2 Å². The molecule has 2 atom stereocenters. The van der Waals surface area contributed by atoms with Crippen LogP contribution in [0.15, 0.2) is 18.5 Å². The van der Waals surface area contributed by atoms with Gasteiger partial charge in [-0.1, -0.05) is 6.92 Å². The van der Waals surface area contributed by atoms with Gasteiger partial charge in [0.25, 0.3) is 0 Å². The first-order valence-corrected chi connectivity index (χ1v) is 8.26. The summed E-state index contributed by atoms with van der Waals surface area (Å²) in [5.41, 5.74) is 1.21. The largest absolute Gasteiger partial charge is 0.492 e. The van der Waals surface area contributed by atoms with Crippen LogP contribution in [0.25, 0.3) is 0 Å². The Morgan fingerprint density at radius 1 is 1.38 bits per heavy atom. The molecule has 4 nitrogen and oxygen atoms in total. The molecule has 1 N–H and O–H groups in total. The fourth-order valence-corrected chi connectivity index (χ4v) is 2.89. The smallest absolute Gasteiger partial charge is 0.137 e. The second kappa shape index (κ2) is 9.00. The van der Waals surface area contributed by atoms with E-state index < -0.39 is 0 Å². The Morgan fingerprint density at radius 3 is 3.00 bits per heavy atom. The van der Waals surface area contributed by atoms with Crippen LogP contribution in [-0.4, -0.2) is 30.8 Å². The van der Waals surface area contributed by atoms with Crippen molar-refractivity contribution in [2.45, 2.75) is 58.1 Å². The van der Waals surface area contributed by atoms with Crippen molar-refractivity contribution in [1.82, 2.24) is 10.3 Å². The summed E-state index contributed by atoms with van der Waals surface area (Å²) in [6, 6.07) is 2.43. The number of aromatic nitrogens is 1. The lowest BCUT2D eigenvalue weighted by Crippen LogP contribution is -2.25. The highest BCUT2D eigenvalue weighted by molar-refractivity contribution is 5.26. The average molecular weight is 292 g/mol. The summed E-state index contributed by atoms with van der Waals surface area (Å²) < 4.78 is 11.4. The van der Waals surface area contributed by atoms with Crippen LogP contribution in [0.1, 0.15) is 57.6 Å². The molecule has 4 heteroatoms. The Bertz CT molecular complexity index is 406. The number of nitrogens with zero attached hydrogens (tertiary/aromatic N) is 1. The molecule has 1 aliphatic heterocycles. The first kappa shape index (κ1) is 16.2. The minimum atomic E-state index is 0.327. The third-order valence-corrected chi connectivity index (χ3v) is 3.95. The molecule has 21 heavy (non-hydrogen) atoms. The van der Waals surface area contributed by atoms with Gasteiger partial charge in [-0.25, -0.2) is 0 Å². The molecule has 1 aromatic heterocycles. The summed E-state index contributed by atoms with van der Waals surface area (Å²) in [5, 5.41) is 3.56. The zero-order valence-corrected chi connectivity index (χ0v) is 13.3. The van der Waals surface area contributed by atoms with Gasteiger partial charge in [-0.15, -0.1) is 0 Å². The maximum atomic E-state index is 5.84. The van der Waals surface area contributed by atoms with E-state index in [0.29, 0.717) is 18.8 Å². The van der Waals surface area contributed by atoms with E-state index >= 15 is 0 Å². The van der Waals surface area contributed by atoms with Crippen molar-refractivity contribution in [3.05, 3.63) is 24.0 Å².